The second-order valence-corrected chi connectivity index (χ2v) is 19.6. The van der Waals surface area contributed by atoms with Crippen LogP contribution in [-0.4, -0.2) is 108 Å². The predicted molar refractivity (Wildman–Crippen MR) is 147 cm³/mol. The van der Waals surface area contributed by atoms with E-state index in [1.165, 1.54) is 0 Å². The van der Waals surface area contributed by atoms with E-state index in [4.69, 9.17) is 34.6 Å². The van der Waals surface area contributed by atoms with Crippen LogP contribution in [0.3, 0.4) is 0 Å². The van der Waals surface area contributed by atoms with Crippen LogP contribution < -0.4 is 0 Å². The third kappa shape index (κ3) is 10.5. The second-order valence-electron chi connectivity index (χ2n) is 8.68. The van der Waals surface area contributed by atoms with Crippen LogP contribution in [0.5, 0.6) is 0 Å². The van der Waals surface area contributed by atoms with Crippen LogP contribution >= 0.6 is 0 Å². The first kappa shape index (κ1) is 34.4. The Morgan fingerprint density at radius 1 is 0.361 bits per heavy atom. The van der Waals surface area contributed by atoms with Crippen LogP contribution in [0, 0.1) is 0 Å². The zero-order valence-corrected chi connectivity index (χ0v) is 28.7. The maximum Gasteiger partial charge on any atom is 0.500 e. The molecule has 0 amide bonds. The lowest BCUT2D eigenvalue weighted by Crippen LogP contribution is -2.73. The van der Waals surface area contributed by atoms with Gasteiger partial charge in [-0.25, -0.2) is 0 Å². The number of nitrogens with zero attached hydrogens (tertiary/aromatic N) is 4. The molecule has 0 aromatic rings. The number of hydroxylamine groups is 8. The van der Waals surface area contributed by atoms with Crippen molar-refractivity contribution in [2.45, 2.75) is 81.6 Å². The molecule has 1 fully saturated rings. The van der Waals surface area contributed by atoms with E-state index in [1.54, 1.807) is 0 Å². The fourth-order valence-electron chi connectivity index (χ4n) is 3.93. The van der Waals surface area contributed by atoms with Crippen molar-refractivity contribution in [3.63, 3.8) is 0 Å². The van der Waals surface area contributed by atoms with Crippen molar-refractivity contribution >= 4 is 35.2 Å². The Hall–Kier alpha value is 0.388. The summed E-state index contributed by atoms with van der Waals surface area (Å²) >= 11 is 0. The van der Waals surface area contributed by atoms with Gasteiger partial charge in [0.2, 0.25) is 0 Å². The molecule has 1 heterocycles. The third-order valence-corrected chi connectivity index (χ3v) is 19.7. The van der Waals surface area contributed by atoms with E-state index in [1.807, 2.05) is 102 Å². The van der Waals surface area contributed by atoms with E-state index in [-0.39, 0.29) is 0 Å². The average molecular weight is 589 g/mol. The summed E-state index contributed by atoms with van der Waals surface area (Å²) in [5, 5.41) is 7.26. The minimum absolute atomic E-state index is 0.662. The van der Waals surface area contributed by atoms with E-state index in [0.29, 0.717) is 52.4 Å². The molecule has 0 N–H and O–H groups in total. The van der Waals surface area contributed by atoms with Gasteiger partial charge in [0.05, 0.1) is 0 Å². The molecule has 0 saturated carbocycles. The van der Waals surface area contributed by atoms with E-state index in [2.05, 4.69) is 0 Å². The van der Waals surface area contributed by atoms with Gasteiger partial charge in [0.1, 0.15) is 0 Å². The Kier molecular flexibility index (Phi) is 14.6. The minimum Gasteiger partial charge on any atom is -0.371 e. The first-order valence-electron chi connectivity index (χ1n) is 13.4. The predicted octanol–water partition coefficient (Wildman–Crippen LogP) is 3.43. The number of hydrogen-bond acceptors (Lipinski definition) is 12. The van der Waals surface area contributed by atoms with Gasteiger partial charge < -0.3 is 16.5 Å². The lowest BCUT2D eigenvalue weighted by molar-refractivity contribution is -0.160. The van der Waals surface area contributed by atoms with Crippen LogP contribution in [-0.2, 0) is 34.6 Å². The molecule has 0 aromatic carbocycles. The van der Waals surface area contributed by atoms with Gasteiger partial charge in [-0.05, 0) is 0 Å². The van der Waals surface area contributed by atoms with Crippen molar-refractivity contribution in [3.05, 3.63) is 0 Å². The normalized spacial score (nSPS) is 32.0. The summed E-state index contributed by atoms with van der Waals surface area (Å²) in [6.45, 7) is 28.8. The molecule has 216 valence electrons. The lowest BCUT2D eigenvalue weighted by atomic mass is 10.6. The number of rotatable bonds is 16. The lowest BCUT2D eigenvalue weighted by Gasteiger charge is -2.48. The SMILES string of the molecule is CCN(CC)O[Si]1(C)O[Si](C)(ON(CC)CC)O[Si](C)(ON(CC)CC)O[Si](C)(ON(CC)CC)O1. The molecule has 0 aromatic heterocycles. The van der Waals surface area contributed by atoms with Crippen LogP contribution in [0.1, 0.15) is 55.4 Å². The van der Waals surface area contributed by atoms with Crippen LogP contribution in [0.15, 0.2) is 0 Å². The Labute approximate surface area is 223 Å². The molecule has 0 atom stereocenters. The summed E-state index contributed by atoms with van der Waals surface area (Å²) in [5.41, 5.74) is 0. The standard InChI is InChI=1S/C20H52N4O8Si4/c1-13-21(14-2)25-33(9)29-34(10,26-22(15-3)16-4)31-36(12,28-24(19-7)20-8)32-35(11,30-33)27-23(17-5)18-6/h13-20H2,1-12H3. The van der Waals surface area contributed by atoms with E-state index < -0.39 is 35.2 Å². The summed E-state index contributed by atoms with van der Waals surface area (Å²) in [6, 6.07) is 0. The highest BCUT2D eigenvalue weighted by Crippen LogP contribution is 2.34. The van der Waals surface area contributed by atoms with Crippen LogP contribution in [0.4, 0.5) is 0 Å². The van der Waals surface area contributed by atoms with Crippen molar-refractivity contribution in [1.29, 1.82) is 0 Å². The van der Waals surface area contributed by atoms with Crippen molar-refractivity contribution in [2.24, 2.45) is 0 Å². The smallest absolute Gasteiger partial charge is 0.371 e. The average Bonchev–Trinajstić information content (AvgIpc) is 2.81. The highest BCUT2D eigenvalue weighted by atomic mass is 28.6. The van der Waals surface area contributed by atoms with E-state index >= 15 is 0 Å². The summed E-state index contributed by atoms with van der Waals surface area (Å²) in [6.07, 6.45) is 0. The molecule has 1 aliphatic rings. The van der Waals surface area contributed by atoms with Gasteiger partial charge in [-0.2, -0.15) is 20.3 Å². The van der Waals surface area contributed by atoms with Crippen molar-refractivity contribution in [2.75, 3.05) is 52.4 Å². The maximum absolute atomic E-state index is 6.72. The largest absolute Gasteiger partial charge is 0.500 e. The summed E-state index contributed by atoms with van der Waals surface area (Å²) in [5.74, 6) is 0. The summed E-state index contributed by atoms with van der Waals surface area (Å²) < 4.78 is 52.5. The molecule has 16 heteroatoms. The quantitative estimate of drug-likeness (QED) is 0.196. The van der Waals surface area contributed by atoms with Gasteiger partial charge >= 0.3 is 35.2 Å². The Bertz CT molecular complexity index is 517. The zero-order valence-electron chi connectivity index (χ0n) is 24.7. The fourth-order valence-corrected chi connectivity index (χ4v) is 21.0. The maximum atomic E-state index is 6.72. The highest BCUT2D eigenvalue weighted by Gasteiger charge is 2.65. The molecule has 36 heavy (non-hydrogen) atoms. The van der Waals surface area contributed by atoms with E-state index in [9.17, 15) is 0 Å². The molecule has 12 nitrogen and oxygen atoms in total. The Morgan fingerprint density at radius 3 is 0.611 bits per heavy atom. The van der Waals surface area contributed by atoms with Crippen molar-refractivity contribution in [3.8, 4) is 0 Å². The van der Waals surface area contributed by atoms with Gasteiger partial charge in [-0.1, -0.05) is 55.4 Å². The topological polar surface area (TPSA) is 86.8 Å². The van der Waals surface area contributed by atoms with Crippen LogP contribution in [0.25, 0.3) is 0 Å². The molecular weight excluding hydrogens is 537 g/mol. The molecular formula is C20H52N4O8Si4. The van der Waals surface area contributed by atoms with Gasteiger partial charge in [0.25, 0.3) is 0 Å². The molecule has 0 spiro atoms. The molecule has 0 radical (unpaired) electrons. The van der Waals surface area contributed by atoms with Gasteiger partial charge in [0, 0.05) is 78.5 Å². The summed E-state index contributed by atoms with van der Waals surface area (Å²) in [4.78, 5) is 0. The third-order valence-electron chi connectivity index (χ3n) is 5.48. The van der Waals surface area contributed by atoms with Crippen LogP contribution in [0.2, 0.25) is 26.2 Å². The molecule has 0 aliphatic carbocycles. The van der Waals surface area contributed by atoms with Gasteiger partial charge in [-0.3, -0.25) is 18.1 Å². The van der Waals surface area contributed by atoms with Gasteiger partial charge in [-0.15, -0.1) is 0 Å². The van der Waals surface area contributed by atoms with Gasteiger partial charge in [0.15, 0.2) is 0 Å². The molecule has 1 aliphatic heterocycles. The number of hydrogen-bond donors (Lipinski definition) is 0. The first-order valence-corrected chi connectivity index (χ1v) is 22.3. The monoisotopic (exact) mass is 588 g/mol. The molecule has 0 unspecified atom stereocenters. The zero-order chi connectivity index (χ0) is 27.6. The van der Waals surface area contributed by atoms with Crippen molar-refractivity contribution in [1.82, 2.24) is 20.3 Å². The first-order chi connectivity index (χ1) is 16.8. The Balaban J connectivity index is 3.59. The molecule has 1 saturated heterocycles. The Morgan fingerprint density at radius 2 is 0.500 bits per heavy atom. The second kappa shape index (κ2) is 15.2. The highest BCUT2D eigenvalue weighted by molar-refractivity contribution is 6.87. The minimum atomic E-state index is -3.45. The van der Waals surface area contributed by atoms with Crippen molar-refractivity contribution < 1.29 is 34.6 Å². The molecule has 0 bridgehead atoms. The van der Waals surface area contributed by atoms with E-state index in [0.717, 1.165) is 0 Å². The fraction of sp³-hybridized carbons (Fsp3) is 1.00. The summed E-state index contributed by atoms with van der Waals surface area (Å²) in [7, 11) is -13.8. The molecule has 1 rings (SSSR count).